The number of benzene rings is 1. The third-order valence-corrected chi connectivity index (χ3v) is 4.25. The van der Waals surface area contributed by atoms with Gasteiger partial charge in [0.2, 0.25) is 5.91 Å². The smallest absolute Gasteiger partial charge is 0.408 e. The Hall–Kier alpha value is -2.42. The predicted molar refractivity (Wildman–Crippen MR) is 108 cm³/mol. The van der Waals surface area contributed by atoms with E-state index in [1.165, 1.54) is 23.9 Å². The lowest BCUT2D eigenvalue weighted by Crippen LogP contribution is -2.53. The van der Waals surface area contributed by atoms with Crippen molar-refractivity contribution in [2.24, 2.45) is 0 Å². The Morgan fingerprint density at radius 3 is 2.21 bits per heavy atom. The second-order valence-electron chi connectivity index (χ2n) is 7.25. The van der Waals surface area contributed by atoms with Crippen LogP contribution in [0.5, 0.6) is 5.75 Å². The number of carbonyl (C=O) groups excluding carboxylic acids is 2. The number of ether oxygens (including phenoxy) is 1. The van der Waals surface area contributed by atoms with Crippen molar-refractivity contribution < 1.29 is 29.3 Å². The minimum absolute atomic E-state index is 0.0767. The maximum absolute atomic E-state index is 12.7. The molecule has 0 aliphatic heterocycles. The molecule has 1 aromatic rings. The van der Waals surface area contributed by atoms with Crippen LogP contribution >= 0.6 is 11.8 Å². The van der Waals surface area contributed by atoms with Crippen LogP contribution in [-0.2, 0) is 20.7 Å². The summed E-state index contributed by atoms with van der Waals surface area (Å²) in [5.41, 5.74) is -0.0593. The number of alkyl carbamates (subject to hydrolysis) is 1. The van der Waals surface area contributed by atoms with Gasteiger partial charge in [-0.3, -0.25) is 4.79 Å². The van der Waals surface area contributed by atoms with Gasteiger partial charge in [0.15, 0.2) is 0 Å². The van der Waals surface area contributed by atoms with Crippen LogP contribution in [0, 0.1) is 0 Å². The number of aromatic hydroxyl groups is 1. The molecule has 9 heteroatoms. The van der Waals surface area contributed by atoms with E-state index in [0.717, 1.165) is 0 Å². The average Bonchev–Trinajstić information content (AvgIpc) is 2.57. The van der Waals surface area contributed by atoms with Gasteiger partial charge >= 0.3 is 12.1 Å². The zero-order valence-corrected chi connectivity index (χ0v) is 17.3. The Labute approximate surface area is 169 Å². The van der Waals surface area contributed by atoms with Gasteiger partial charge in [-0.15, -0.1) is 0 Å². The van der Waals surface area contributed by atoms with E-state index in [4.69, 9.17) is 4.74 Å². The molecule has 1 rings (SSSR count). The normalized spacial score (nSPS) is 13.3. The first-order valence-electron chi connectivity index (χ1n) is 8.81. The van der Waals surface area contributed by atoms with Crippen LogP contribution in [0.3, 0.4) is 0 Å². The number of hydrogen-bond acceptors (Lipinski definition) is 6. The van der Waals surface area contributed by atoms with E-state index in [1.807, 2.05) is 6.26 Å². The minimum Gasteiger partial charge on any atom is -0.508 e. The highest BCUT2D eigenvalue weighted by molar-refractivity contribution is 7.98. The number of carboxylic acids is 1. The molecule has 1 aromatic carbocycles. The Bertz CT molecular complexity index is 672. The minimum atomic E-state index is -1.14. The van der Waals surface area contributed by atoms with Crippen molar-refractivity contribution in [2.45, 2.75) is 51.3 Å². The molecule has 0 aromatic heterocycles. The summed E-state index contributed by atoms with van der Waals surface area (Å²) in [6, 6.07) is 4.09. The first kappa shape index (κ1) is 23.6. The van der Waals surface area contributed by atoms with Gasteiger partial charge in [0, 0.05) is 6.42 Å². The fourth-order valence-electron chi connectivity index (χ4n) is 2.29. The summed E-state index contributed by atoms with van der Waals surface area (Å²) in [6.45, 7) is 5.10. The van der Waals surface area contributed by atoms with Crippen LogP contribution in [-0.4, -0.2) is 57.9 Å². The number of rotatable bonds is 9. The van der Waals surface area contributed by atoms with E-state index in [9.17, 15) is 24.6 Å². The molecule has 0 heterocycles. The number of aliphatic carboxylic acids is 1. The van der Waals surface area contributed by atoms with Gasteiger partial charge in [-0.1, -0.05) is 12.1 Å². The fourth-order valence-corrected chi connectivity index (χ4v) is 2.76. The van der Waals surface area contributed by atoms with Gasteiger partial charge in [-0.25, -0.2) is 9.59 Å². The molecule has 0 radical (unpaired) electrons. The van der Waals surface area contributed by atoms with E-state index in [2.05, 4.69) is 10.6 Å². The van der Waals surface area contributed by atoms with Gasteiger partial charge in [-0.2, -0.15) is 11.8 Å². The molecule has 156 valence electrons. The Kier molecular flexibility index (Phi) is 9.11. The van der Waals surface area contributed by atoms with Gasteiger partial charge in [0.05, 0.1) is 0 Å². The predicted octanol–water partition coefficient (Wildman–Crippen LogP) is 2.15. The number of phenolic OH excluding ortho intramolecular Hbond substituents is 1. The molecule has 0 bridgehead atoms. The number of hydrogen-bond donors (Lipinski definition) is 4. The lowest BCUT2D eigenvalue weighted by atomic mass is 10.0. The van der Waals surface area contributed by atoms with E-state index in [-0.39, 0.29) is 18.6 Å². The van der Waals surface area contributed by atoms with Gasteiger partial charge in [0.25, 0.3) is 0 Å². The van der Waals surface area contributed by atoms with Crippen molar-refractivity contribution >= 4 is 29.7 Å². The van der Waals surface area contributed by atoms with Crippen molar-refractivity contribution in [3.8, 4) is 5.75 Å². The number of carbonyl (C=O) groups is 3. The molecular formula is C19H28N2O6S. The van der Waals surface area contributed by atoms with Crippen molar-refractivity contribution in [1.29, 1.82) is 0 Å². The number of amides is 2. The van der Waals surface area contributed by atoms with Crippen LogP contribution in [0.25, 0.3) is 0 Å². The number of phenols is 1. The molecule has 4 N–H and O–H groups in total. The molecule has 28 heavy (non-hydrogen) atoms. The zero-order chi connectivity index (χ0) is 21.3. The highest BCUT2D eigenvalue weighted by atomic mass is 32.2. The molecule has 0 spiro atoms. The second kappa shape index (κ2) is 10.8. The summed E-state index contributed by atoms with van der Waals surface area (Å²) in [6.07, 6.45) is 1.45. The quantitative estimate of drug-likeness (QED) is 0.490. The van der Waals surface area contributed by atoms with E-state index >= 15 is 0 Å². The molecule has 0 unspecified atom stereocenters. The first-order valence-corrected chi connectivity index (χ1v) is 10.2. The summed E-state index contributed by atoms with van der Waals surface area (Å²) >= 11 is 1.48. The lowest BCUT2D eigenvalue weighted by Gasteiger charge is -2.24. The van der Waals surface area contributed by atoms with Gasteiger partial charge in [0.1, 0.15) is 23.4 Å². The number of thioether (sulfide) groups is 1. The molecular weight excluding hydrogens is 384 g/mol. The van der Waals surface area contributed by atoms with E-state index < -0.39 is 35.7 Å². The standard InChI is InChI=1S/C19H28N2O6S/c1-19(2,3)27-18(26)21-15(11-12-5-7-13(22)8-6-12)16(23)20-14(17(24)25)9-10-28-4/h5-8,14-15,22H,9-11H2,1-4H3,(H,20,23)(H,21,26)(H,24,25)/t14-,15-/m0/s1. The van der Waals surface area contributed by atoms with Crippen LogP contribution in [0.15, 0.2) is 24.3 Å². The zero-order valence-electron chi connectivity index (χ0n) is 16.5. The second-order valence-corrected chi connectivity index (χ2v) is 8.24. The Morgan fingerprint density at radius 2 is 1.71 bits per heavy atom. The van der Waals surface area contributed by atoms with Crippen molar-refractivity contribution in [3.05, 3.63) is 29.8 Å². The van der Waals surface area contributed by atoms with Crippen LogP contribution in [0.1, 0.15) is 32.8 Å². The molecule has 0 fully saturated rings. The molecule has 2 amide bonds. The molecule has 0 saturated carbocycles. The SMILES string of the molecule is CSCC[C@H](NC(=O)[C@H](Cc1ccc(O)cc1)NC(=O)OC(C)(C)C)C(=O)O. The fraction of sp³-hybridized carbons (Fsp3) is 0.526. The molecule has 2 atom stereocenters. The molecule has 0 aliphatic carbocycles. The monoisotopic (exact) mass is 412 g/mol. The third kappa shape index (κ3) is 8.98. The van der Waals surface area contributed by atoms with Crippen molar-refractivity contribution in [3.63, 3.8) is 0 Å². The topological polar surface area (TPSA) is 125 Å². The van der Waals surface area contributed by atoms with Crippen molar-refractivity contribution in [2.75, 3.05) is 12.0 Å². The largest absolute Gasteiger partial charge is 0.508 e. The summed E-state index contributed by atoms with van der Waals surface area (Å²) in [7, 11) is 0. The first-order chi connectivity index (χ1) is 13.0. The van der Waals surface area contributed by atoms with E-state index in [1.54, 1.807) is 32.9 Å². The van der Waals surface area contributed by atoms with Crippen molar-refractivity contribution in [1.82, 2.24) is 10.6 Å². The van der Waals surface area contributed by atoms with Gasteiger partial charge in [-0.05, 0) is 56.9 Å². The molecule has 0 aliphatic rings. The summed E-state index contributed by atoms with van der Waals surface area (Å²) in [5.74, 6) is -1.11. The van der Waals surface area contributed by atoms with Crippen LogP contribution in [0.2, 0.25) is 0 Å². The lowest BCUT2D eigenvalue weighted by molar-refractivity contribution is -0.142. The number of nitrogens with one attached hydrogen (secondary N) is 2. The maximum Gasteiger partial charge on any atom is 0.408 e. The molecule has 8 nitrogen and oxygen atoms in total. The molecule has 0 saturated heterocycles. The highest BCUT2D eigenvalue weighted by Gasteiger charge is 2.28. The highest BCUT2D eigenvalue weighted by Crippen LogP contribution is 2.13. The summed E-state index contributed by atoms with van der Waals surface area (Å²) in [4.78, 5) is 36.2. The van der Waals surface area contributed by atoms with Gasteiger partial charge < -0.3 is 25.6 Å². The van der Waals surface area contributed by atoms with Crippen LogP contribution in [0.4, 0.5) is 4.79 Å². The summed E-state index contributed by atoms with van der Waals surface area (Å²) < 4.78 is 5.20. The Morgan fingerprint density at radius 1 is 1.11 bits per heavy atom. The maximum atomic E-state index is 12.7. The Balaban J connectivity index is 2.93. The third-order valence-electron chi connectivity index (χ3n) is 3.61. The summed E-state index contributed by atoms with van der Waals surface area (Å²) in [5, 5.41) is 23.7. The van der Waals surface area contributed by atoms with E-state index in [0.29, 0.717) is 11.3 Å². The average molecular weight is 413 g/mol. The van der Waals surface area contributed by atoms with Crippen LogP contribution < -0.4 is 10.6 Å². The number of carboxylic acid groups (broad SMARTS) is 1.